The molecule has 110 valence electrons. The Balaban J connectivity index is 2.39. The number of nitrogens with one attached hydrogen (secondary N) is 1. The summed E-state index contributed by atoms with van der Waals surface area (Å²) in [6.07, 6.45) is 2.01. The number of hydrogen-bond donors (Lipinski definition) is 2. The monoisotopic (exact) mass is 322 g/mol. The van der Waals surface area contributed by atoms with Gasteiger partial charge in [0.25, 0.3) is 0 Å². The summed E-state index contributed by atoms with van der Waals surface area (Å²) >= 11 is 7.85. The first kappa shape index (κ1) is 15.5. The maximum absolute atomic E-state index is 11.8. The van der Waals surface area contributed by atoms with E-state index in [1.165, 1.54) is 13.2 Å². The van der Waals surface area contributed by atoms with Crippen molar-refractivity contribution in [2.75, 3.05) is 24.4 Å². The molecule has 3 N–H and O–H groups in total. The van der Waals surface area contributed by atoms with Gasteiger partial charge in [0.15, 0.2) is 0 Å². The van der Waals surface area contributed by atoms with Crippen molar-refractivity contribution in [3.8, 4) is 0 Å². The van der Waals surface area contributed by atoms with Gasteiger partial charge in [0, 0.05) is 16.3 Å². The van der Waals surface area contributed by atoms with Crippen LogP contribution in [0.3, 0.4) is 0 Å². The molecule has 0 amide bonds. The number of methoxy groups -OCH3 is 1. The lowest BCUT2D eigenvalue weighted by Gasteiger charge is -2.14. The van der Waals surface area contributed by atoms with Crippen LogP contribution in [0.4, 0.5) is 17.1 Å². The maximum Gasteiger partial charge on any atom is 0.340 e. The van der Waals surface area contributed by atoms with Crippen LogP contribution in [-0.4, -0.2) is 19.3 Å². The maximum atomic E-state index is 11.8. The average Bonchev–Trinajstić information content (AvgIpc) is 2.49. The predicted octanol–water partition coefficient (Wildman–Crippen LogP) is 4.17. The first-order valence-corrected chi connectivity index (χ1v) is 7.74. The molecular formula is C15H15ClN2O2S. The van der Waals surface area contributed by atoms with E-state index in [-0.39, 0.29) is 0 Å². The molecule has 0 atom stereocenters. The zero-order valence-corrected chi connectivity index (χ0v) is 13.2. The Morgan fingerprint density at radius 2 is 1.95 bits per heavy atom. The van der Waals surface area contributed by atoms with Crippen molar-refractivity contribution in [1.82, 2.24) is 0 Å². The summed E-state index contributed by atoms with van der Waals surface area (Å²) in [5.41, 5.74) is 7.74. The van der Waals surface area contributed by atoms with E-state index in [0.29, 0.717) is 22.0 Å². The molecule has 0 saturated carbocycles. The lowest BCUT2D eigenvalue weighted by atomic mass is 10.1. The number of hydrogen-bond acceptors (Lipinski definition) is 5. The highest BCUT2D eigenvalue weighted by Gasteiger charge is 2.16. The third kappa shape index (κ3) is 3.62. The molecule has 0 heterocycles. The number of carbonyl (C=O) groups excluding carboxylic acids is 1. The van der Waals surface area contributed by atoms with E-state index in [0.717, 1.165) is 10.6 Å². The highest BCUT2D eigenvalue weighted by atomic mass is 35.5. The molecule has 2 aromatic rings. The van der Waals surface area contributed by atoms with Gasteiger partial charge in [0.2, 0.25) is 0 Å². The fraction of sp³-hybridized carbons (Fsp3) is 0.133. The Hall–Kier alpha value is -1.85. The van der Waals surface area contributed by atoms with Gasteiger partial charge in [-0.1, -0.05) is 11.6 Å². The fourth-order valence-corrected chi connectivity index (χ4v) is 2.53. The number of thioether (sulfide) groups is 1. The van der Waals surface area contributed by atoms with Crippen LogP contribution in [0.5, 0.6) is 0 Å². The van der Waals surface area contributed by atoms with E-state index in [1.807, 2.05) is 30.5 Å². The molecule has 0 fully saturated rings. The second-order valence-corrected chi connectivity index (χ2v) is 5.56. The minimum atomic E-state index is -0.493. The van der Waals surface area contributed by atoms with Gasteiger partial charge in [-0.15, -0.1) is 11.8 Å². The molecule has 4 nitrogen and oxygen atoms in total. The predicted molar refractivity (Wildman–Crippen MR) is 88.7 cm³/mol. The number of nitrogen functional groups attached to an aromatic ring is 1. The molecule has 0 aliphatic rings. The van der Waals surface area contributed by atoms with Gasteiger partial charge in [-0.25, -0.2) is 4.79 Å². The highest BCUT2D eigenvalue weighted by Crippen LogP contribution is 2.32. The second-order valence-electron chi connectivity index (χ2n) is 4.27. The second kappa shape index (κ2) is 6.74. The molecule has 0 aliphatic carbocycles. The van der Waals surface area contributed by atoms with Gasteiger partial charge in [0.1, 0.15) is 0 Å². The number of rotatable bonds is 4. The lowest BCUT2D eigenvalue weighted by molar-refractivity contribution is 0.0602. The lowest BCUT2D eigenvalue weighted by Crippen LogP contribution is -2.07. The van der Waals surface area contributed by atoms with E-state index in [1.54, 1.807) is 17.8 Å². The first-order valence-electron chi connectivity index (χ1n) is 6.13. The van der Waals surface area contributed by atoms with E-state index < -0.39 is 5.97 Å². The Labute approximate surface area is 132 Å². The van der Waals surface area contributed by atoms with Crippen molar-refractivity contribution in [2.24, 2.45) is 0 Å². The summed E-state index contributed by atoms with van der Waals surface area (Å²) < 4.78 is 4.76. The van der Waals surface area contributed by atoms with Crippen LogP contribution in [0.15, 0.2) is 41.3 Å². The van der Waals surface area contributed by atoms with Crippen LogP contribution in [0.1, 0.15) is 10.4 Å². The minimum Gasteiger partial charge on any atom is -0.465 e. The van der Waals surface area contributed by atoms with Crippen molar-refractivity contribution in [3.63, 3.8) is 0 Å². The molecule has 0 aliphatic heterocycles. The first-order chi connectivity index (χ1) is 10.0. The van der Waals surface area contributed by atoms with Crippen molar-refractivity contribution >= 4 is 46.4 Å². The molecule has 0 spiro atoms. The summed E-state index contributed by atoms with van der Waals surface area (Å²) in [6.45, 7) is 0. The summed E-state index contributed by atoms with van der Waals surface area (Å²) in [5, 5.41) is 3.50. The normalized spacial score (nSPS) is 10.2. The quantitative estimate of drug-likeness (QED) is 0.502. The third-order valence-electron chi connectivity index (χ3n) is 2.88. The molecule has 2 aromatic carbocycles. The van der Waals surface area contributed by atoms with Crippen LogP contribution in [0, 0.1) is 0 Å². The van der Waals surface area contributed by atoms with Gasteiger partial charge < -0.3 is 15.8 Å². The number of ether oxygens (including phenoxy) is 1. The summed E-state index contributed by atoms with van der Waals surface area (Å²) in [7, 11) is 1.32. The van der Waals surface area contributed by atoms with Crippen molar-refractivity contribution < 1.29 is 9.53 Å². The van der Waals surface area contributed by atoms with Crippen LogP contribution < -0.4 is 11.1 Å². The summed E-state index contributed by atoms with van der Waals surface area (Å²) in [6, 6.07) is 10.9. The zero-order valence-electron chi connectivity index (χ0n) is 11.6. The number of nitrogens with two attached hydrogens (primary N) is 1. The number of halogens is 1. The van der Waals surface area contributed by atoms with Gasteiger partial charge >= 0.3 is 5.97 Å². The smallest absolute Gasteiger partial charge is 0.340 e. The van der Waals surface area contributed by atoms with E-state index in [9.17, 15) is 4.79 Å². The standard InChI is InChI=1S/C15H15ClN2O2S/c1-20-15(19)12-7-9(17)8-13(16)14(12)18-10-3-5-11(21-2)6-4-10/h3-8,18H,17H2,1-2H3. The molecule has 2 rings (SSSR count). The van der Waals surface area contributed by atoms with Crippen LogP contribution >= 0.6 is 23.4 Å². The van der Waals surface area contributed by atoms with Crippen molar-refractivity contribution in [1.29, 1.82) is 0 Å². The molecule has 0 radical (unpaired) electrons. The van der Waals surface area contributed by atoms with Crippen molar-refractivity contribution in [2.45, 2.75) is 4.90 Å². The Morgan fingerprint density at radius 1 is 1.29 bits per heavy atom. The fourth-order valence-electron chi connectivity index (χ4n) is 1.84. The third-order valence-corrected chi connectivity index (χ3v) is 3.92. The average molecular weight is 323 g/mol. The molecule has 6 heteroatoms. The van der Waals surface area contributed by atoms with E-state index >= 15 is 0 Å². The Bertz CT molecular complexity index is 659. The number of benzene rings is 2. The topological polar surface area (TPSA) is 64.3 Å². The molecule has 0 aromatic heterocycles. The van der Waals surface area contributed by atoms with Gasteiger partial charge in [-0.2, -0.15) is 0 Å². The molecule has 0 saturated heterocycles. The molecule has 0 unspecified atom stereocenters. The van der Waals surface area contributed by atoms with Gasteiger partial charge in [0.05, 0.1) is 23.4 Å². The zero-order chi connectivity index (χ0) is 15.4. The molecule has 0 bridgehead atoms. The minimum absolute atomic E-state index is 0.302. The van der Waals surface area contributed by atoms with Crippen molar-refractivity contribution in [3.05, 3.63) is 47.0 Å². The number of anilines is 3. The SMILES string of the molecule is COC(=O)c1cc(N)cc(Cl)c1Nc1ccc(SC)cc1. The number of esters is 1. The molecular weight excluding hydrogens is 308 g/mol. The largest absolute Gasteiger partial charge is 0.465 e. The number of carbonyl (C=O) groups is 1. The van der Waals surface area contributed by atoms with Gasteiger partial charge in [-0.3, -0.25) is 0 Å². The van der Waals surface area contributed by atoms with E-state index in [2.05, 4.69) is 5.32 Å². The summed E-state index contributed by atoms with van der Waals surface area (Å²) in [4.78, 5) is 13.0. The van der Waals surface area contributed by atoms with Gasteiger partial charge in [-0.05, 0) is 42.7 Å². The van der Waals surface area contributed by atoms with Crippen LogP contribution in [0.2, 0.25) is 5.02 Å². The highest BCUT2D eigenvalue weighted by molar-refractivity contribution is 7.98. The Morgan fingerprint density at radius 3 is 2.52 bits per heavy atom. The van der Waals surface area contributed by atoms with E-state index in [4.69, 9.17) is 22.1 Å². The van der Waals surface area contributed by atoms with Crippen LogP contribution in [-0.2, 0) is 4.74 Å². The summed E-state index contributed by atoms with van der Waals surface area (Å²) in [5.74, 6) is -0.493. The van der Waals surface area contributed by atoms with Crippen LogP contribution in [0.25, 0.3) is 0 Å². The molecule has 21 heavy (non-hydrogen) atoms. The Kier molecular flexibility index (Phi) is 4.98.